The van der Waals surface area contributed by atoms with E-state index in [9.17, 15) is 28.2 Å². The molecule has 2 aromatic carbocycles. The van der Waals surface area contributed by atoms with Crippen molar-refractivity contribution in [1.29, 1.82) is 0 Å². The topological polar surface area (TPSA) is 135 Å². The van der Waals surface area contributed by atoms with Crippen molar-refractivity contribution in [2.75, 3.05) is 25.5 Å². The van der Waals surface area contributed by atoms with E-state index in [4.69, 9.17) is 4.74 Å². The number of carbonyl (C=O) groups excluding carboxylic acids is 1. The molecular weight excluding hydrogens is 630 g/mol. The molecule has 2 aromatic rings. The summed E-state index contributed by atoms with van der Waals surface area (Å²) >= 11 is 0. The highest BCUT2D eigenvalue weighted by Crippen LogP contribution is 2.54. The Morgan fingerprint density at radius 2 is 1.77 bits per heavy atom. The zero-order valence-corrected chi connectivity index (χ0v) is 28.3. The van der Waals surface area contributed by atoms with Crippen molar-refractivity contribution in [3.8, 4) is 0 Å². The Bertz CT molecular complexity index is 1410. The van der Waals surface area contributed by atoms with Crippen molar-refractivity contribution >= 4 is 28.5 Å². The summed E-state index contributed by atoms with van der Waals surface area (Å²) in [6.07, 6.45) is 1.73. The van der Waals surface area contributed by atoms with E-state index in [1.807, 2.05) is 20.8 Å². The molecule has 3 unspecified atom stereocenters. The number of nitrogens with one attached hydrogen (secondary N) is 2. The second-order valence-electron chi connectivity index (χ2n) is 13.5. The van der Waals surface area contributed by atoms with Crippen LogP contribution in [0, 0.1) is 17.6 Å². The van der Waals surface area contributed by atoms with Gasteiger partial charge in [0.15, 0.2) is 0 Å². The Morgan fingerprint density at radius 3 is 2.43 bits per heavy atom. The monoisotopic (exact) mass is 678 g/mol. The van der Waals surface area contributed by atoms with Gasteiger partial charge in [0.25, 0.3) is 0 Å². The number of piperazine rings is 1. The first-order valence-corrected chi connectivity index (χ1v) is 18.0. The molecule has 0 aromatic heterocycles. The van der Waals surface area contributed by atoms with Gasteiger partial charge in [-0.15, -0.1) is 10.8 Å². The highest BCUT2D eigenvalue weighted by atomic mass is 32.3. The number of hydrogen-bond donors (Lipinski definition) is 5. The molecule has 5 rings (SSSR count). The minimum atomic E-state index is -3.01. The maximum atomic E-state index is 15.5. The minimum absolute atomic E-state index is 0.129. The van der Waals surface area contributed by atoms with Gasteiger partial charge in [-0.25, -0.2) is 17.9 Å². The van der Waals surface area contributed by atoms with Crippen molar-refractivity contribution in [2.24, 2.45) is 5.92 Å². The number of rotatable bonds is 9. The molecule has 13 heteroatoms. The number of nitrogens with zero attached hydrogens (tertiary/aromatic N) is 2. The van der Waals surface area contributed by atoms with Gasteiger partial charge in [-0.3, -0.25) is 18.8 Å². The largest absolute Gasteiger partial charge is 0.465 e. The van der Waals surface area contributed by atoms with Crippen LogP contribution < -0.4 is 10.6 Å². The molecular formula is C34H48F2N4O6S. The predicted molar refractivity (Wildman–Crippen MR) is 179 cm³/mol. The third-order valence-electron chi connectivity index (χ3n) is 10.2. The quantitative estimate of drug-likeness (QED) is 0.209. The van der Waals surface area contributed by atoms with E-state index in [1.165, 1.54) is 31.3 Å². The summed E-state index contributed by atoms with van der Waals surface area (Å²) in [6.45, 7) is 6.74. The van der Waals surface area contributed by atoms with Crippen LogP contribution in [0.3, 0.4) is 0 Å². The van der Waals surface area contributed by atoms with Crippen LogP contribution in [0.1, 0.15) is 69.9 Å². The Kier molecular flexibility index (Phi) is 11.1. The van der Waals surface area contributed by atoms with Gasteiger partial charge in [0.05, 0.1) is 17.5 Å². The van der Waals surface area contributed by atoms with E-state index in [2.05, 4.69) is 10.6 Å². The van der Waals surface area contributed by atoms with Crippen LogP contribution in [0.4, 0.5) is 19.3 Å². The number of halogens is 2. The molecule has 9 atom stereocenters. The standard InChI is InChI=1S/C34H48F2N4O6S/c1-20-16-24(17-21(2)46-20)31(23-9-11-25(35)12-10-23)32(39(4)34(42)43)33(41)38-30-7-5-6-29(36)28(30)15-14-27-18-37-26-13-8-22(3)47(44,45)40(27)19-26/h5-7,9-12,20-22,24,26-27,31-32,37,44-45H,8,13-19H2,1-4H3,(H,38,41)(H,42,43)/t20-,21+,22?,24?,26-,27+,31+,32+/m1/s1. The molecule has 0 saturated carbocycles. The summed E-state index contributed by atoms with van der Waals surface area (Å²) in [7, 11) is -1.67. The normalized spacial score (nSPS) is 30.8. The van der Waals surface area contributed by atoms with Crippen LogP contribution in [-0.4, -0.2) is 91.1 Å². The number of fused-ring (bicyclic) bond motifs is 2. The summed E-state index contributed by atoms with van der Waals surface area (Å²) in [4.78, 5) is 27.7. The lowest BCUT2D eigenvalue weighted by molar-refractivity contribution is -0.123. The molecule has 3 saturated heterocycles. The highest BCUT2D eigenvalue weighted by Gasteiger charge is 2.44. The fraction of sp³-hybridized carbons (Fsp3) is 0.588. The number of ether oxygens (including phenoxy) is 1. The average molecular weight is 679 g/mol. The molecule has 2 bridgehead atoms. The van der Waals surface area contributed by atoms with Gasteiger partial charge in [0.2, 0.25) is 5.91 Å². The number of anilines is 1. The molecule has 260 valence electrons. The van der Waals surface area contributed by atoms with Crippen molar-refractivity contribution in [3.05, 3.63) is 65.2 Å². The number of likely N-dealkylation sites (N-methyl/N-ethyl adjacent to an activating group) is 1. The Hall–Kier alpha value is -2.81. The lowest BCUT2D eigenvalue weighted by atomic mass is 9.73. The van der Waals surface area contributed by atoms with E-state index in [0.717, 1.165) is 11.3 Å². The molecule has 5 N–H and O–H groups in total. The average Bonchev–Trinajstić information content (AvgIpc) is 3.10. The predicted octanol–water partition coefficient (Wildman–Crippen LogP) is 6.29. The molecule has 0 radical (unpaired) electrons. The molecule has 3 aliphatic heterocycles. The van der Waals surface area contributed by atoms with Crippen LogP contribution in [0.5, 0.6) is 0 Å². The Labute approximate surface area is 277 Å². The van der Waals surface area contributed by atoms with Crippen molar-refractivity contribution in [3.63, 3.8) is 0 Å². The van der Waals surface area contributed by atoms with Gasteiger partial charge in [0, 0.05) is 49.4 Å². The van der Waals surface area contributed by atoms with Gasteiger partial charge >= 0.3 is 6.09 Å². The number of carbonyl (C=O) groups is 2. The van der Waals surface area contributed by atoms with E-state index < -0.39 is 46.4 Å². The maximum Gasteiger partial charge on any atom is 0.407 e. The summed E-state index contributed by atoms with van der Waals surface area (Å²) in [5.74, 6) is -2.40. The van der Waals surface area contributed by atoms with Crippen LogP contribution in [0.25, 0.3) is 0 Å². The summed E-state index contributed by atoms with van der Waals surface area (Å²) < 4.78 is 59.5. The first kappa shape index (κ1) is 35.5. The van der Waals surface area contributed by atoms with Crippen LogP contribution >= 0.6 is 10.8 Å². The first-order valence-electron chi connectivity index (χ1n) is 16.5. The fourth-order valence-electron chi connectivity index (χ4n) is 7.72. The summed E-state index contributed by atoms with van der Waals surface area (Å²) in [5, 5.41) is 16.2. The Balaban J connectivity index is 1.43. The van der Waals surface area contributed by atoms with Crippen LogP contribution in [0.15, 0.2) is 42.5 Å². The molecule has 10 nitrogen and oxygen atoms in total. The molecule has 2 amide bonds. The lowest BCUT2D eigenvalue weighted by Crippen LogP contribution is -2.56. The van der Waals surface area contributed by atoms with Crippen LogP contribution in [0.2, 0.25) is 0 Å². The van der Waals surface area contributed by atoms with Crippen molar-refractivity contribution in [1.82, 2.24) is 14.5 Å². The Morgan fingerprint density at radius 1 is 1.09 bits per heavy atom. The molecule has 47 heavy (non-hydrogen) atoms. The van der Waals surface area contributed by atoms with Gasteiger partial charge in [0.1, 0.15) is 17.7 Å². The second-order valence-corrected chi connectivity index (χ2v) is 15.9. The van der Waals surface area contributed by atoms with Gasteiger partial charge in [-0.05, 0) is 95.0 Å². The van der Waals surface area contributed by atoms with E-state index in [-0.39, 0.29) is 53.1 Å². The molecule has 0 aliphatic carbocycles. The summed E-state index contributed by atoms with van der Waals surface area (Å²) in [5.41, 5.74) is 1.10. The van der Waals surface area contributed by atoms with Crippen LogP contribution in [-0.2, 0) is 16.0 Å². The van der Waals surface area contributed by atoms with Gasteiger partial charge < -0.3 is 20.5 Å². The third kappa shape index (κ3) is 7.92. The van der Waals surface area contributed by atoms with E-state index >= 15 is 4.39 Å². The molecule has 3 heterocycles. The van der Waals surface area contributed by atoms with E-state index in [1.54, 1.807) is 22.5 Å². The second kappa shape index (κ2) is 14.8. The number of benzene rings is 2. The van der Waals surface area contributed by atoms with Gasteiger partial charge in [-0.2, -0.15) is 0 Å². The lowest BCUT2D eigenvalue weighted by Gasteiger charge is -2.51. The van der Waals surface area contributed by atoms with Gasteiger partial charge in [-0.1, -0.05) is 18.2 Å². The number of carboxylic acid groups (broad SMARTS) is 1. The SMILES string of the molecule is CC1CC[C@@H]2CN([C@@H](CCc3c(F)cccc3NC(=O)[C@H]([C@@H](c3ccc(F)cc3)C3C[C@@H](C)O[C@@H](C)C3)N(C)C(=O)O)CN2)S1(O)O. The first-order chi connectivity index (χ1) is 22.3. The number of amides is 2. The maximum absolute atomic E-state index is 15.5. The van der Waals surface area contributed by atoms with Crippen molar-refractivity contribution < 1.29 is 37.3 Å². The third-order valence-corrected chi connectivity index (χ3v) is 12.6. The zero-order valence-electron chi connectivity index (χ0n) is 27.4. The molecule has 3 aliphatic rings. The highest BCUT2D eigenvalue weighted by molar-refractivity contribution is 8.22. The summed E-state index contributed by atoms with van der Waals surface area (Å²) in [6, 6.07) is 8.86. The fourth-order valence-corrected chi connectivity index (χ4v) is 9.66. The molecule has 3 fully saturated rings. The zero-order chi connectivity index (χ0) is 34.0. The van der Waals surface area contributed by atoms with Crippen molar-refractivity contribution in [2.45, 2.75) is 101 Å². The minimum Gasteiger partial charge on any atom is -0.465 e. The smallest absolute Gasteiger partial charge is 0.407 e. The van der Waals surface area contributed by atoms with E-state index in [0.29, 0.717) is 44.3 Å². The molecule has 0 spiro atoms. The number of hydrogen-bond acceptors (Lipinski definition) is 7.